The Labute approximate surface area is 196 Å². The fourth-order valence-electron chi connectivity index (χ4n) is 3.78. The first-order chi connectivity index (χ1) is 16.0. The number of aromatic nitrogens is 6. The summed E-state index contributed by atoms with van der Waals surface area (Å²) in [7, 11) is 2.14. The Hall–Kier alpha value is -3.56. The number of pyridine rings is 1. The molecule has 0 bridgehead atoms. The van der Waals surface area contributed by atoms with Crippen LogP contribution in [0, 0.1) is 6.92 Å². The summed E-state index contributed by atoms with van der Waals surface area (Å²) >= 11 is 6.15. The summed E-state index contributed by atoms with van der Waals surface area (Å²) in [5.41, 5.74) is 4.50. The number of fused-ring (bicyclic) bond motifs is 1. The van der Waals surface area contributed by atoms with Crippen molar-refractivity contribution in [2.24, 2.45) is 0 Å². The lowest BCUT2D eigenvalue weighted by molar-refractivity contribution is 0.312. The highest BCUT2D eigenvalue weighted by atomic mass is 35.5. The minimum atomic E-state index is 0.444. The molecular weight excluding hydrogens is 438 g/mol. The maximum Gasteiger partial charge on any atom is 0.227 e. The molecule has 1 N–H and O–H groups in total. The number of anilines is 3. The van der Waals surface area contributed by atoms with Crippen LogP contribution in [0.4, 0.5) is 17.5 Å². The van der Waals surface area contributed by atoms with E-state index >= 15 is 0 Å². The summed E-state index contributed by atoms with van der Waals surface area (Å²) in [5, 5.41) is 8.20. The summed E-state index contributed by atoms with van der Waals surface area (Å²) in [4.78, 5) is 22.5. The number of piperazine rings is 1. The van der Waals surface area contributed by atoms with Gasteiger partial charge in [0.1, 0.15) is 5.82 Å². The molecule has 1 saturated heterocycles. The van der Waals surface area contributed by atoms with E-state index in [1.165, 1.54) is 0 Å². The normalized spacial score (nSPS) is 14.6. The molecule has 0 aromatic carbocycles. The van der Waals surface area contributed by atoms with Gasteiger partial charge in [0.15, 0.2) is 10.8 Å². The van der Waals surface area contributed by atoms with Crippen molar-refractivity contribution in [3.05, 3.63) is 71.5 Å². The average Bonchev–Trinajstić information content (AvgIpc) is 3.20. The molecule has 0 saturated carbocycles. The van der Waals surface area contributed by atoms with E-state index < -0.39 is 0 Å². The predicted octanol–water partition coefficient (Wildman–Crippen LogP) is 3.43. The van der Waals surface area contributed by atoms with Gasteiger partial charge in [-0.1, -0.05) is 18.2 Å². The molecule has 4 aromatic heterocycles. The third-order valence-electron chi connectivity index (χ3n) is 5.77. The summed E-state index contributed by atoms with van der Waals surface area (Å²) < 4.78 is 1.58. The van der Waals surface area contributed by atoms with Gasteiger partial charge in [0.25, 0.3) is 0 Å². The fraction of sp³-hybridized carbons (Fsp3) is 0.261. The predicted molar refractivity (Wildman–Crippen MR) is 130 cm³/mol. The van der Waals surface area contributed by atoms with Crippen molar-refractivity contribution in [2.45, 2.75) is 6.92 Å². The van der Waals surface area contributed by atoms with Crippen molar-refractivity contribution in [1.29, 1.82) is 0 Å². The second kappa shape index (κ2) is 8.76. The highest BCUT2D eigenvalue weighted by Crippen LogP contribution is 2.24. The van der Waals surface area contributed by atoms with Gasteiger partial charge < -0.3 is 15.1 Å². The second-order valence-electron chi connectivity index (χ2n) is 8.06. The Bertz CT molecular complexity index is 1310. The molecular formula is C23H24ClN9. The maximum absolute atomic E-state index is 6.15. The van der Waals surface area contributed by atoms with Crippen LogP contribution in [-0.2, 0) is 0 Å². The van der Waals surface area contributed by atoms with E-state index in [0.29, 0.717) is 28.0 Å². The van der Waals surface area contributed by atoms with Crippen LogP contribution in [0.25, 0.3) is 11.2 Å². The molecule has 1 aliphatic rings. The molecule has 5 heterocycles. The van der Waals surface area contributed by atoms with E-state index in [1.54, 1.807) is 16.9 Å². The zero-order chi connectivity index (χ0) is 22.9. The Morgan fingerprint density at radius 3 is 2.55 bits per heavy atom. The summed E-state index contributed by atoms with van der Waals surface area (Å²) in [6, 6.07) is 7.74. The highest BCUT2D eigenvalue weighted by Gasteiger charge is 2.16. The van der Waals surface area contributed by atoms with Crippen LogP contribution >= 0.6 is 11.6 Å². The van der Waals surface area contributed by atoms with Crippen LogP contribution in [-0.4, -0.2) is 67.7 Å². The molecule has 1 aliphatic heterocycles. The van der Waals surface area contributed by atoms with E-state index in [4.69, 9.17) is 11.6 Å². The molecule has 0 unspecified atom stereocenters. The smallest absolute Gasteiger partial charge is 0.227 e. The largest absolute Gasteiger partial charge is 0.354 e. The highest BCUT2D eigenvalue weighted by molar-refractivity contribution is 6.29. The summed E-state index contributed by atoms with van der Waals surface area (Å²) in [6.07, 6.45) is 5.13. The third-order valence-corrected chi connectivity index (χ3v) is 6.02. The topological polar surface area (TPSA) is 87.4 Å². The molecule has 10 heteroatoms. The quantitative estimate of drug-likeness (QED) is 0.483. The van der Waals surface area contributed by atoms with Crippen molar-refractivity contribution in [2.75, 3.05) is 43.4 Å². The Kier molecular flexibility index (Phi) is 5.65. The third kappa shape index (κ3) is 4.37. The van der Waals surface area contributed by atoms with E-state index in [-0.39, 0.29) is 0 Å². The molecule has 0 radical (unpaired) electrons. The second-order valence-corrected chi connectivity index (χ2v) is 8.45. The number of likely N-dealkylation sites (N-methyl/N-ethyl adjacent to an activating group) is 1. The lowest BCUT2D eigenvalue weighted by atomic mass is 10.1. The van der Waals surface area contributed by atoms with Crippen molar-refractivity contribution in [1.82, 2.24) is 34.4 Å². The van der Waals surface area contributed by atoms with Crippen LogP contribution < -0.4 is 10.2 Å². The van der Waals surface area contributed by atoms with Crippen molar-refractivity contribution in [3.63, 3.8) is 0 Å². The van der Waals surface area contributed by atoms with Crippen LogP contribution in [0.2, 0.25) is 5.15 Å². The van der Waals surface area contributed by atoms with E-state index in [2.05, 4.69) is 53.8 Å². The maximum atomic E-state index is 6.15. The molecule has 0 atom stereocenters. The van der Waals surface area contributed by atoms with Gasteiger partial charge in [-0.05, 0) is 38.2 Å². The first kappa shape index (κ1) is 21.3. The first-order valence-electron chi connectivity index (χ1n) is 10.7. The number of aryl methyl sites for hydroxylation is 1. The van der Waals surface area contributed by atoms with Gasteiger partial charge in [-0.3, -0.25) is 0 Å². The Balaban J connectivity index is 1.30. The molecule has 5 rings (SSSR count). The fourth-order valence-corrected chi connectivity index (χ4v) is 3.95. The van der Waals surface area contributed by atoms with Gasteiger partial charge in [-0.15, -0.1) is 0 Å². The van der Waals surface area contributed by atoms with Crippen LogP contribution in [0.15, 0.2) is 49.4 Å². The summed E-state index contributed by atoms with van der Waals surface area (Å²) in [6.45, 7) is 10.2. The zero-order valence-corrected chi connectivity index (χ0v) is 19.3. The van der Waals surface area contributed by atoms with Gasteiger partial charge in [0, 0.05) is 43.5 Å². The van der Waals surface area contributed by atoms with Gasteiger partial charge in [-0.2, -0.15) is 5.10 Å². The Morgan fingerprint density at radius 1 is 1.00 bits per heavy atom. The van der Waals surface area contributed by atoms with Gasteiger partial charge in [-0.25, -0.2) is 24.5 Å². The van der Waals surface area contributed by atoms with Gasteiger partial charge in [0.2, 0.25) is 5.95 Å². The molecule has 1 fully saturated rings. The Morgan fingerprint density at radius 2 is 1.82 bits per heavy atom. The number of hydrogen-bond acceptors (Lipinski definition) is 8. The number of rotatable bonds is 5. The van der Waals surface area contributed by atoms with Crippen molar-refractivity contribution >= 4 is 40.3 Å². The molecule has 9 nitrogen and oxygen atoms in total. The van der Waals surface area contributed by atoms with E-state index in [9.17, 15) is 0 Å². The number of hydrogen-bond donors (Lipinski definition) is 1. The lowest BCUT2D eigenvalue weighted by Gasteiger charge is -2.33. The summed E-state index contributed by atoms with van der Waals surface area (Å²) in [5.74, 6) is 1.49. The number of halogens is 1. The molecule has 4 aromatic rings. The van der Waals surface area contributed by atoms with Crippen molar-refractivity contribution < 1.29 is 0 Å². The van der Waals surface area contributed by atoms with Gasteiger partial charge in [0.05, 0.1) is 29.5 Å². The number of imidazole rings is 1. The number of nitrogens with one attached hydrogen (secondary N) is 1. The van der Waals surface area contributed by atoms with Crippen LogP contribution in [0.5, 0.6) is 0 Å². The molecule has 0 spiro atoms. The minimum absolute atomic E-state index is 0.444. The monoisotopic (exact) mass is 461 g/mol. The van der Waals surface area contributed by atoms with Crippen molar-refractivity contribution in [3.8, 4) is 0 Å². The molecule has 33 heavy (non-hydrogen) atoms. The lowest BCUT2D eigenvalue weighted by Crippen LogP contribution is -2.44. The minimum Gasteiger partial charge on any atom is -0.354 e. The molecule has 168 valence electrons. The van der Waals surface area contributed by atoms with E-state index in [0.717, 1.165) is 48.9 Å². The van der Waals surface area contributed by atoms with E-state index in [1.807, 2.05) is 37.4 Å². The number of nitrogens with zero attached hydrogens (tertiary/aromatic N) is 8. The first-order valence-corrected chi connectivity index (χ1v) is 11.1. The molecule has 0 amide bonds. The molecule has 0 aliphatic carbocycles. The zero-order valence-electron chi connectivity index (χ0n) is 18.5. The van der Waals surface area contributed by atoms with Gasteiger partial charge >= 0.3 is 0 Å². The van der Waals surface area contributed by atoms with Crippen LogP contribution in [0.1, 0.15) is 17.0 Å². The SMILES string of the molecule is C=C(c1ccc2ncc(Cl)n2n1)c1cnc(Nc2ccc(N3CCN(C)CC3)nc2)nc1C. The standard InChI is InChI=1S/C23H24ClN9/c1-15(19-5-7-22-26-14-20(24)33(22)30-19)18-13-27-23(28-16(18)2)29-17-4-6-21(25-12-17)32-10-8-31(3)9-11-32/h4-7,12-14H,1,8-11H2,2-3H3,(H,27,28,29). The van der Waals surface area contributed by atoms with Crippen LogP contribution in [0.3, 0.4) is 0 Å². The average molecular weight is 462 g/mol.